The van der Waals surface area contributed by atoms with E-state index in [0.29, 0.717) is 25.7 Å². The molecule has 2 aromatic rings. The van der Waals surface area contributed by atoms with E-state index < -0.39 is 0 Å². The third kappa shape index (κ3) is 2.52. The van der Waals surface area contributed by atoms with Crippen LogP contribution in [0.4, 0.5) is 5.69 Å². The maximum Gasteiger partial charge on any atom is 0.270 e. The molecule has 6 heteroatoms. The fraction of sp³-hybridized carbons (Fsp3) is 0. The summed E-state index contributed by atoms with van der Waals surface area (Å²) in [5.41, 5.74) is 0.669. The molecule has 0 spiro atoms. The molecular weight excluding hydrogens is 314 g/mol. The van der Waals surface area contributed by atoms with Crippen LogP contribution in [0.3, 0.4) is 0 Å². The van der Waals surface area contributed by atoms with Crippen molar-refractivity contribution in [2.75, 3.05) is 4.90 Å². The molecule has 0 bridgehead atoms. The Morgan fingerprint density at radius 1 is 1.30 bits per heavy atom. The van der Waals surface area contributed by atoms with Gasteiger partial charge < -0.3 is 4.42 Å². The van der Waals surface area contributed by atoms with E-state index in [-0.39, 0.29) is 5.91 Å². The minimum Gasteiger partial charge on any atom is -0.465 e. The number of halogens is 1. The molecular formula is C14H8ClNO2S2. The first kappa shape index (κ1) is 13.4. The van der Waals surface area contributed by atoms with Gasteiger partial charge in [-0.2, -0.15) is 0 Å². The topological polar surface area (TPSA) is 33.5 Å². The first-order valence-electron chi connectivity index (χ1n) is 5.72. The molecule has 3 nitrogen and oxygen atoms in total. The van der Waals surface area contributed by atoms with Crippen molar-refractivity contribution in [3.63, 3.8) is 0 Å². The highest BCUT2D eigenvalue weighted by molar-refractivity contribution is 8.27. The van der Waals surface area contributed by atoms with E-state index in [1.165, 1.54) is 16.7 Å². The zero-order valence-corrected chi connectivity index (χ0v) is 12.5. The summed E-state index contributed by atoms with van der Waals surface area (Å²) in [5, 5.41) is 0.562. The molecule has 0 radical (unpaired) electrons. The summed E-state index contributed by atoms with van der Waals surface area (Å²) in [6.07, 6.45) is 3.24. The molecule has 1 fully saturated rings. The highest BCUT2D eigenvalue weighted by Crippen LogP contribution is 2.36. The van der Waals surface area contributed by atoms with Gasteiger partial charge in [-0.1, -0.05) is 41.6 Å². The Morgan fingerprint density at radius 3 is 2.85 bits per heavy atom. The summed E-state index contributed by atoms with van der Waals surface area (Å²) >= 11 is 12.5. The number of nitrogens with zero attached hydrogens (tertiary/aromatic N) is 1. The van der Waals surface area contributed by atoms with Crippen LogP contribution in [-0.4, -0.2) is 10.2 Å². The Balaban J connectivity index is 1.95. The van der Waals surface area contributed by atoms with Crippen molar-refractivity contribution in [1.29, 1.82) is 0 Å². The summed E-state index contributed by atoms with van der Waals surface area (Å²) in [6.45, 7) is 0. The van der Waals surface area contributed by atoms with Crippen LogP contribution >= 0.6 is 35.6 Å². The Hall–Kier alpha value is -1.56. The van der Waals surface area contributed by atoms with Gasteiger partial charge in [0, 0.05) is 11.1 Å². The van der Waals surface area contributed by atoms with Gasteiger partial charge in [-0.3, -0.25) is 9.69 Å². The number of thiocarbonyl (C=S) groups is 1. The average Bonchev–Trinajstić information content (AvgIpc) is 2.99. The molecule has 100 valence electrons. The number of thioether (sulfide) groups is 1. The molecule has 0 saturated carbocycles. The molecule has 0 aliphatic carbocycles. The minimum absolute atomic E-state index is 0.168. The number of furan rings is 1. The Bertz CT molecular complexity index is 710. The molecule has 20 heavy (non-hydrogen) atoms. The smallest absolute Gasteiger partial charge is 0.270 e. The van der Waals surface area contributed by atoms with Crippen LogP contribution in [0.25, 0.3) is 6.08 Å². The van der Waals surface area contributed by atoms with Gasteiger partial charge in [0.1, 0.15) is 5.76 Å². The van der Waals surface area contributed by atoms with Gasteiger partial charge in [0.05, 0.1) is 16.9 Å². The van der Waals surface area contributed by atoms with Gasteiger partial charge in [-0.25, -0.2) is 0 Å². The lowest BCUT2D eigenvalue weighted by Crippen LogP contribution is -2.27. The highest BCUT2D eigenvalue weighted by atomic mass is 35.5. The first-order valence-corrected chi connectivity index (χ1v) is 7.32. The Kier molecular flexibility index (Phi) is 3.65. The van der Waals surface area contributed by atoms with E-state index in [9.17, 15) is 4.79 Å². The van der Waals surface area contributed by atoms with Crippen molar-refractivity contribution < 1.29 is 9.21 Å². The van der Waals surface area contributed by atoms with E-state index in [1.54, 1.807) is 48.7 Å². The number of amides is 1. The quantitative estimate of drug-likeness (QED) is 0.608. The van der Waals surface area contributed by atoms with E-state index in [1.807, 2.05) is 0 Å². The van der Waals surface area contributed by atoms with Crippen LogP contribution in [0, 0.1) is 0 Å². The lowest BCUT2D eigenvalue weighted by Gasteiger charge is -2.14. The number of hydrogen-bond acceptors (Lipinski definition) is 4. The van der Waals surface area contributed by atoms with Crippen molar-refractivity contribution in [2.24, 2.45) is 0 Å². The molecule has 0 N–H and O–H groups in total. The molecule has 1 aromatic heterocycles. The van der Waals surface area contributed by atoms with Crippen LogP contribution in [0.2, 0.25) is 5.02 Å². The SMILES string of the molecule is O=C1/C(=C\c2ccco2)SC(=S)N1c1cccc(Cl)c1. The average molecular weight is 322 g/mol. The summed E-state index contributed by atoms with van der Waals surface area (Å²) in [4.78, 5) is 14.4. The normalized spacial score (nSPS) is 17.2. The van der Waals surface area contributed by atoms with E-state index in [4.69, 9.17) is 28.2 Å². The second-order valence-electron chi connectivity index (χ2n) is 4.01. The fourth-order valence-corrected chi connectivity index (χ4v) is 3.27. The largest absolute Gasteiger partial charge is 0.465 e. The highest BCUT2D eigenvalue weighted by Gasteiger charge is 2.33. The number of carbonyl (C=O) groups is 1. The van der Waals surface area contributed by atoms with Gasteiger partial charge in [-0.15, -0.1) is 0 Å². The standard InChI is InChI=1S/C14H8ClNO2S2/c15-9-3-1-4-10(7-9)16-13(17)12(20-14(16)19)8-11-5-2-6-18-11/h1-8H/b12-8+. The summed E-state index contributed by atoms with van der Waals surface area (Å²) < 4.78 is 5.70. The lowest BCUT2D eigenvalue weighted by atomic mass is 10.3. The number of carbonyl (C=O) groups excluding carboxylic acids is 1. The molecule has 1 aromatic carbocycles. The number of benzene rings is 1. The van der Waals surface area contributed by atoms with Crippen molar-refractivity contribution in [1.82, 2.24) is 0 Å². The van der Waals surface area contributed by atoms with Crippen molar-refractivity contribution >= 4 is 57.6 Å². The minimum atomic E-state index is -0.168. The van der Waals surface area contributed by atoms with Crippen LogP contribution in [0.5, 0.6) is 0 Å². The summed E-state index contributed by atoms with van der Waals surface area (Å²) in [5.74, 6) is 0.454. The van der Waals surface area contributed by atoms with Crippen LogP contribution in [-0.2, 0) is 4.79 Å². The van der Waals surface area contributed by atoms with E-state index >= 15 is 0 Å². The Labute approximate surface area is 130 Å². The number of rotatable bonds is 2. The zero-order chi connectivity index (χ0) is 14.1. The molecule has 0 unspecified atom stereocenters. The van der Waals surface area contributed by atoms with E-state index in [0.717, 1.165) is 0 Å². The molecule has 3 rings (SSSR count). The van der Waals surface area contributed by atoms with Gasteiger partial charge >= 0.3 is 0 Å². The maximum absolute atomic E-state index is 12.4. The van der Waals surface area contributed by atoms with Crippen molar-refractivity contribution in [3.8, 4) is 0 Å². The molecule has 1 saturated heterocycles. The summed E-state index contributed by atoms with van der Waals surface area (Å²) in [7, 11) is 0. The summed E-state index contributed by atoms with van der Waals surface area (Å²) in [6, 6.07) is 10.6. The van der Waals surface area contributed by atoms with Crippen molar-refractivity contribution in [2.45, 2.75) is 0 Å². The fourth-order valence-electron chi connectivity index (χ4n) is 1.81. The second-order valence-corrected chi connectivity index (χ2v) is 6.12. The molecule has 1 aliphatic heterocycles. The van der Waals surface area contributed by atoms with Crippen LogP contribution in [0.15, 0.2) is 52.0 Å². The monoisotopic (exact) mass is 321 g/mol. The molecule has 1 amide bonds. The zero-order valence-electron chi connectivity index (χ0n) is 10.1. The number of hydrogen-bond donors (Lipinski definition) is 0. The van der Waals surface area contributed by atoms with Crippen molar-refractivity contribution in [3.05, 3.63) is 58.3 Å². The Morgan fingerprint density at radius 2 is 2.15 bits per heavy atom. The van der Waals surface area contributed by atoms with Gasteiger partial charge in [0.15, 0.2) is 4.32 Å². The molecule has 1 aliphatic rings. The van der Waals surface area contributed by atoms with Crippen LogP contribution in [0.1, 0.15) is 5.76 Å². The van der Waals surface area contributed by atoms with Gasteiger partial charge in [-0.05, 0) is 30.3 Å². The van der Waals surface area contributed by atoms with Crippen LogP contribution < -0.4 is 4.90 Å². The van der Waals surface area contributed by atoms with Gasteiger partial charge in [0.25, 0.3) is 5.91 Å². The third-order valence-corrected chi connectivity index (χ3v) is 4.21. The predicted octanol–water partition coefficient (Wildman–Crippen LogP) is 4.34. The second kappa shape index (κ2) is 5.44. The van der Waals surface area contributed by atoms with E-state index in [2.05, 4.69) is 0 Å². The lowest BCUT2D eigenvalue weighted by molar-refractivity contribution is -0.113. The first-order chi connectivity index (χ1) is 9.65. The molecule has 0 atom stereocenters. The third-order valence-electron chi connectivity index (χ3n) is 2.68. The maximum atomic E-state index is 12.4. The number of anilines is 1. The predicted molar refractivity (Wildman–Crippen MR) is 85.8 cm³/mol. The van der Waals surface area contributed by atoms with Gasteiger partial charge in [0.2, 0.25) is 0 Å². The molecule has 2 heterocycles.